The van der Waals surface area contributed by atoms with E-state index in [4.69, 9.17) is 9.40 Å². The van der Waals surface area contributed by atoms with Crippen LogP contribution in [-0.4, -0.2) is 23.2 Å². The number of benzene rings is 4. The number of nitrogens with zero attached hydrogens (tertiary/aromatic N) is 2. The topological polar surface area (TPSA) is 38.9 Å². The smallest absolute Gasteiger partial charge is 0.126 e. The second kappa shape index (κ2) is 15.4. The van der Waals surface area contributed by atoms with Gasteiger partial charge in [0.2, 0.25) is 0 Å². The van der Waals surface area contributed by atoms with Crippen LogP contribution >= 0.6 is 0 Å². The summed E-state index contributed by atoms with van der Waals surface area (Å²) in [6, 6.07) is 33.9. The predicted octanol–water partition coefficient (Wildman–Crippen LogP) is 11.9. The first-order valence-electron chi connectivity index (χ1n) is 17.2. The fraction of sp³-hybridized carbons (Fsp3) is 0.244. The first-order chi connectivity index (χ1) is 23.7. The van der Waals surface area contributed by atoms with E-state index in [2.05, 4.69) is 112 Å². The number of rotatable bonds is 5. The summed E-state index contributed by atoms with van der Waals surface area (Å²) < 4.78 is 21.2. The molecule has 3 nitrogen and oxygen atoms in total. The fourth-order valence-corrected chi connectivity index (χ4v) is 10.2. The summed E-state index contributed by atoms with van der Waals surface area (Å²) in [4.78, 5) is 9.31. The zero-order valence-corrected chi connectivity index (χ0v) is 35.5. The Morgan fingerprint density at radius 1 is 0.784 bits per heavy atom. The maximum absolute atomic E-state index is 13.7. The molecule has 4 aromatic carbocycles. The summed E-state index contributed by atoms with van der Waals surface area (Å²) in [6.45, 7) is 13.3. The van der Waals surface area contributed by atoms with Crippen LogP contribution in [0.25, 0.3) is 55.6 Å². The zero-order chi connectivity index (χ0) is 35.8. The molecule has 0 aliphatic heterocycles. The molecule has 0 aliphatic rings. The molecular formula is C45H45FGeIrN2O-2. The van der Waals surface area contributed by atoms with Crippen molar-refractivity contribution in [2.45, 2.75) is 65.2 Å². The number of furan rings is 1. The van der Waals surface area contributed by atoms with Crippen LogP contribution in [0.5, 0.6) is 0 Å². The van der Waals surface area contributed by atoms with Crippen LogP contribution in [-0.2, 0) is 26.5 Å². The van der Waals surface area contributed by atoms with E-state index in [9.17, 15) is 4.39 Å². The summed E-state index contributed by atoms with van der Waals surface area (Å²) in [5, 5.41) is 1.82. The van der Waals surface area contributed by atoms with Gasteiger partial charge in [0.05, 0.1) is 5.58 Å². The Hall–Kier alpha value is -3.90. The van der Waals surface area contributed by atoms with Crippen LogP contribution in [0.3, 0.4) is 0 Å². The summed E-state index contributed by atoms with van der Waals surface area (Å²) in [7, 11) is 0. The maximum atomic E-state index is 13.7. The molecule has 0 amide bonds. The molecule has 7 rings (SSSR count). The van der Waals surface area contributed by atoms with Gasteiger partial charge in [-0.2, -0.15) is 0 Å². The zero-order valence-electron chi connectivity index (χ0n) is 31.0. The van der Waals surface area contributed by atoms with Gasteiger partial charge in [-0.15, -0.1) is 18.2 Å². The predicted molar refractivity (Wildman–Crippen MR) is 210 cm³/mol. The number of fused-ring (bicyclic) bond motifs is 3. The van der Waals surface area contributed by atoms with E-state index in [0.717, 1.165) is 45.3 Å². The first-order valence-corrected chi connectivity index (χ1v) is 24.6. The maximum Gasteiger partial charge on any atom is 0.126 e. The Balaban J connectivity index is 0.000000205. The molecule has 3 aromatic heterocycles. The molecule has 0 saturated heterocycles. The molecule has 0 N–H and O–H groups in total. The average Bonchev–Trinajstić information content (AvgIpc) is 3.41. The van der Waals surface area contributed by atoms with Crippen molar-refractivity contribution in [1.82, 2.24) is 9.97 Å². The van der Waals surface area contributed by atoms with Crippen LogP contribution < -0.4 is 4.40 Å². The van der Waals surface area contributed by atoms with E-state index in [0.29, 0.717) is 16.6 Å². The molecule has 7 aromatic rings. The van der Waals surface area contributed by atoms with Crippen molar-refractivity contribution >= 4 is 39.6 Å². The third-order valence-corrected chi connectivity index (χ3v) is 13.2. The van der Waals surface area contributed by atoms with Gasteiger partial charge in [-0.25, -0.2) is 4.39 Å². The summed E-state index contributed by atoms with van der Waals surface area (Å²) in [5.41, 5.74) is 12.7. The molecule has 0 bridgehead atoms. The van der Waals surface area contributed by atoms with Crippen molar-refractivity contribution in [1.29, 1.82) is 0 Å². The van der Waals surface area contributed by atoms with Crippen molar-refractivity contribution in [3.05, 3.63) is 138 Å². The molecule has 0 atom stereocenters. The van der Waals surface area contributed by atoms with Crippen LogP contribution in [0, 0.1) is 44.1 Å². The number of hydrogen-bond acceptors (Lipinski definition) is 3. The van der Waals surface area contributed by atoms with E-state index < -0.39 is 13.3 Å². The molecule has 0 aliphatic carbocycles. The van der Waals surface area contributed by atoms with Gasteiger partial charge in [0.15, 0.2) is 0 Å². The molecule has 0 saturated carbocycles. The molecule has 263 valence electrons. The Morgan fingerprint density at radius 3 is 2.20 bits per heavy atom. The molecule has 0 fully saturated rings. The van der Waals surface area contributed by atoms with E-state index in [1.165, 1.54) is 44.3 Å². The number of halogens is 1. The Morgan fingerprint density at radius 2 is 1.53 bits per heavy atom. The Kier molecular flexibility index (Phi) is 11.6. The second-order valence-electron chi connectivity index (χ2n) is 15.5. The minimum atomic E-state index is -1.90. The normalized spacial score (nSPS) is 11.6. The van der Waals surface area contributed by atoms with Crippen LogP contribution in [0.2, 0.25) is 17.3 Å². The minimum absolute atomic E-state index is 0. The van der Waals surface area contributed by atoms with Gasteiger partial charge in [-0.1, -0.05) is 34.7 Å². The van der Waals surface area contributed by atoms with E-state index in [1.54, 1.807) is 6.07 Å². The number of pyridine rings is 2. The van der Waals surface area contributed by atoms with E-state index in [-0.39, 0.29) is 25.9 Å². The number of aromatic nitrogens is 2. The third kappa shape index (κ3) is 8.77. The number of aryl methyl sites for hydroxylation is 3. The Labute approximate surface area is 318 Å². The van der Waals surface area contributed by atoms with Crippen LogP contribution in [0.4, 0.5) is 4.39 Å². The summed E-state index contributed by atoms with van der Waals surface area (Å²) in [6.07, 6.45) is 5.06. The fourth-order valence-electron chi connectivity index (χ4n) is 6.85. The van der Waals surface area contributed by atoms with Crippen molar-refractivity contribution in [2.24, 2.45) is 5.41 Å². The molecule has 51 heavy (non-hydrogen) atoms. The summed E-state index contributed by atoms with van der Waals surface area (Å²) in [5.74, 6) is 7.01. The van der Waals surface area contributed by atoms with Crippen LogP contribution in [0.1, 0.15) is 43.0 Å². The SMILES string of the molecule is CC(C)(C)Cc1cc(-c2[c-]cccc2)nc[c]1[Ge]([CH3])([CH3])[CH3].Cc1cc(C)c(-c2ccnc(-c3[c-]ccc4c3oc3cc(F)ccc34)c2)c(C)c1.[Ir]. The third-order valence-electron chi connectivity index (χ3n) is 8.88. The second-order valence-corrected chi connectivity index (χ2v) is 26.1. The van der Waals surface area contributed by atoms with Crippen molar-refractivity contribution in [3.63, 3.8) is 0 Å². The molecule has 0 spiro atoms. The first kappa shape index (κ1) is 38.3. The quantitative estimate of drug-likeness (QED) is 0.128. The Bertz CT molecular complexity index is 2290. The van der Waals surface area contributed by atoms with Gasteiger partial charge in [-0.3, -0.25) is 0 Å². The average molecular weight is 914 g/mol. The molecular weight excluding hydrogens is 868 g/mol. The van der Waals surface area contributed by atoms with Crippen LogP contribution in [0.15, 0.2) is 102 Å². The molecule has 3 heterocycles. The monoisotopic (exact) mass is 915 g/mol. The van der Waals surface area contributed by atoms with Crippen molar-refractivity contribution in [2.75, 3.05) is 0 Å². The largest absolute Gasteiger partial charge is 0.500 e. The minimum Gasteiger partial charge on any atom is -0.500 e. The molecule has 1 radical (unpaired) electrons. The standard InChI is InChI=1S/C26H19FNO.C19H26GeN.Ir/c1-15-11-16(2)25(17(3)12-15)18-9-10-28-23(13-18)22-6-4-5-21-20-8-7-19(27)14-24(20)29-26(21)22;1-19(2,3)13-16-12-18(15-10-8-7-9-11-15)21-14-17(16)20(4,5)6;/h4-5,7-14H,1-3H3;7-10,12,14H,13H2,1-6H3;/q2*-1;. The van der Waals surface area contributed by atoms with Gasteiger partial charge in [0.1, 0.15) is 11.4 Å². The van der Waals surface area contributed by atoms with Gasteiger partial charge in [-0.05, 0) is 66.9 Å². The summed E-state index contributed by atoms with van der Waals surface area (Å²) >= 11 is -1.90. The molecule has 0 unspecified atom stereocenters. The van der Waals surface area contributed by atoms with Gasteiger partial charge >= 0.3 is 132 Å². The van der Waals surface area contributed by atoms with E-state index >= 15 is 0 Å². The van der Waals surface area contributed by atoms with Gasteiger partial charge < -0.3 is 9.40 Å². The van der Waals surface area contributed by atoms with Crippen molar-refractivity contribution < 1.29 is 28.9 Å². The van der Waals surface area contributed by atoms with Crippen molar-refractivity contribution in [3.8, 4) is 33.6 Å². The molecule has 6 heteroatoms. The number of hydrogen-bond donors (Lipinski definition) is 0. The van der Waals surface area contributed by atoms with Gasteiger partial charge in [0, 0.05) is 37.8 Å². The van der Waals surface area contributed by atoms with E-state index in [1.807, 2.05) is 42.6 Å². The van der Waals surface area contributed by atoms with Gasteiger partial charge in [0.25, 0.3) is 0 Å².